The second kappa shape index (κ2) is 8.41. The van der Waals surface area contributed by atoms with E-state index in [2.05, 4.69) is 77.5 Å². The van der Waals surface area contributed by atoms with E-state index < -0.39 is 0 Å². The van der Waals surface area contributed by atoms with Crippen LogP contribution < -0.4 is 16.8 Å². The number of aryl methyl sites for hydroxylation is 1. The van der Waals surface area contributed by atoms with Gasteiger partial charge in [0.05, 0.1) is 16.7 Å². The summed E-state index contributed by atoms with van der Waals surface area (Å²) in [5, 5.41) is 3.39. The van der Waals surface area contributed by atoms with Gasteiger partial charge in [-0.2, -0.15) is 0 Å². The lowest BCUT2D eigenvalue weighted by Gasteiger charge is -2.38. The normalized spacial score (nSPS) is 15.0. The molecular formula is C27H31N5. The Kier molecular flexibility index (Phi) is 5.45. The highest BCUT2D eigenvalue weighted by molar-refractivity contribution is 5.88. The molecule has 1 aliphatic rings. The highest BCUT2D eigenvalue weighted by Gasteiger charge is 2.34. The first-order valence-electron chi connectivity index (χ1n) is 11.6. The summed E-state index contributed by atoms with van der Waals surface area (Å²) in [4.78, 5) is 4.99. The Balaban J connectivity index is 1.68. The lowest BCUT2D eigenvalue weighted by atomic mass is 9.73. The predicted octanol–water partition coefficient (Wildman–Crippen LogP) is 4.96. The van der Waals surface area contributed by atoms with E-state index in [4.69, 9.17) is 16.5 Å². The molecule has 164 valence electrons. The van der Waals surface area contributed by atoms with E-state index in [-0.39, 0.29) is 5.54 Å². The van der Waals surface area contributed by atoms with Crippen LogP contribution in [0, 0.1) is 0 Å². The molecule has 5 nitrogen and oxygen atoms in total. The van der Waals surface area contributed by atoms with Crippen LogP contribution in [0.2, 0.25) is 0 Å². The molecule has 0 spiro atoms. The molecule has 1 saturated carbocycles. The largest absolute Gasteiger partial charge is 0.369 e. The summed E-state index contributed by atoms with van der Waals surface area (Å²) in [5.41, 5.74) is 20.0. The van der Waals surface area contributed by atoms with E-state index in [1.807, 2.05) is 6.07 Å². The summed E-state index contributed by atoms with van der Waals surface area (Å²) >= 11 is 0. The van der Waals surface area contributed by atoms with Crippen molar-refractivity contribution in [3.05, 3.63) is 77.9 Å². The first-order valence-corrected chi connectivity index (χ1v) is 11.6. The Labute approximate surface area is 189 Å². The summed E-state index contributed by atoms with van der Waals surface area (Å²) in [6, 6.07) is 23.7. The zero-order chi connectivity index (χ0) is 22.1. The molecule has 32 heavy (non-hydrogen) atoms. The quantitative estimate of drug-likeness (QED) is 0.391. The summed E-state index contributed by atoms with van der Waals surface area (Å²) in [5.74, 6) is 0.924. The van der Waals surface area contributed by atoms with Gasteiger partial charge in [-0.15, -0.1) is 0 Å². The molecule has 0 aliphatic heterocycles. The number of benzene rings is 2. The van der Waals surface area contributed by atoms with Gasteiger partial charge in [0.15, 0.2) is 0 Å². The van der Waals surface area contributed by atoms with Gasteiger partial charge in [-0.3, -0.25) is 0 Å². The lowest BCUT2D eigenvalue weighted by Crippen LogP contribution is -2.43. The van der Waals surface area contributed by atoms with Gasteiger partial charge in [-0.05, 0) is 66.6 Å². The smallest absolute Gasteiger partial charge is 0.130 e. The zero-order valence-corrected chi connectivity index (χ0v) is 18.6. The Morgan fingerprint density at radius 2 is 1.78 bits per heavy atom. The number of nitrogens with zero attached hydrogens (tertiary/aromatic N) is 2. The highest BCUT2D eigenvalue weighted by Crippen LogP contribution is 2.39. The Bertz CT molecular complexity index is 1220. The number of nitrogens with two attached hydrogens (primary N) is 2. The van der Waals surface area contributed by atoms with E-state index in [1.165, 1.54) is 23.1 Å². The number of aromatic nitrogens is 2. The third-order valence-corrected chi connectivity index (χ3v) is 6.70. The van der Waals surface area contributed by atoms with Gasteiger partial charge in [-0.1, -0.05) is 49.4 Å². The molecule has 0 amide bonds. The minimum Gasteiger partial charge on any atom is -0.369 e. The summed E-state index contributed by atoms with van der Waals surface area (Å²) in [6.45, 7) is 3.45. The van der Waals surface area contributed by atoms with Crippen LogP contribution in [0.25, 0.3) is 28.0 Å². The minimum atomic E-state index is -0.153. The standard InChI is InChI=1S/C27H31N5/c1-2-19-17-25-23(31-26(19)30-16-15-28)18-24(20-7-4-3-5-8-20)32(25)22-11-9-21(10-12-22)27(29)13-6-14-27/h3-5,7-12,17-18H,2,6,13-16,28-29H2,1H3,(H,30,31). The molecule has 1 fully saturated rings. The van der Waals surface area contributed by atoms with Crippen molar-refractivity contribution in [3.63, 3.8) is 0 Å². The van der Waals surface area contributed by atoms with Crippen LogP contribution in [-0.4, -0.2) is 22.6 Å². The maximum Gasteiger partial charge on any atom is 0.130 e. The molecular weight excluding hydrogens is 394 g/mol. The van der Waals surface area contributed by atoms with Crippen LogP contribution in [0.1, 0.15) is 37.3 Å². The zero-order valence-electron chi connectivity index (χ0n) is 18.6. The SMILES string of the molecule is CCc1cc2c(cc(-c3ccccc3)n2-c2ccc(C3(N)CCC3)cc2)nc1NCCN. The van der Waals surface area contributed by atoms with Crippen molar-refractivity contribution < 1.29 is 0 Å². The topological polar surface area (TPSA) is 81.9 Å². The Morgan fingerprint density at radius 3 is 2.41 bits per heavy atom. The van der Waals surface area contributed by atoms with Gasteiger partial charge in [-0.25, -0.2) is 4.98 Å². The molecule has 5 N–H and O–H groups in total. The van der Waals surface area contributed by atoms with Gasteiger partial charge >= 0.3 is 0 Å². The van der Waals surface area contributed by atoms with Crippen molar-refractivity contribution in [2.45, 2.75) is 38.1 Å². The minimum absolute atomic E-state index is 0.153. The number of pyridine rings is 1. The predicted molar refractivity (Wildman–Crippen MR) is 133 cm³/mol. The highest BCUT2D eigenvalue weighted by atomic mass is 15.0. The van der Waals surface area contributed by atoms with Crippen molar-refractivity contribution in [2.75, 3.05) is 18.4 Å². The number of fused-ring (bicyclic) bond motifs is 1. The molecule has 0 unspecified atom stereocenters. The number of anilines is 1. The lowest BCUT2D eigenvalue weighted by molar-refractivity contribution is 0.253. The molecule has 0 atom stereocenters. The molecule has 2 aromatic carbocycles. The van der Waals surface area contributed by atoms with Gasteiger partial charge in [0.1, 0.15) is 5.82 Å². The van der Waals surface area contributed by atoms with Crippen molar-refractivity contribution in [1.29, 1.82) is 0 Å². The average Bonchev–Trinajstić information content (AvgIpc) is 3.19. The van der Waals surface area contributed by atoms with Crippen LogP contribution in [0.5, 0.6) is 0 Å². The summed E-state index contributed by atoms with van der Waals surface area (Å²) in [6.07, 6.45) is 4.24. The fourth-order valence-corrected chi connectivity index (χ4v) is 4.67. The maximum absolute atomic E-state index is 6.57. The number of hydrogen-bond donors (Lipinski definition) is 3. The van der Waals surface area contributed by atoms with E-state index in [1.54, 1.807) is 0 Å². The second-order valence-electron chi connectivity index (χ2n) is 8.76. The summed E-state index contributed by atoms with van der Waals surface area (Å²) < 4.78 is 2.32. The molecule has 5 rings (SSSR count). The van der Waals surface area contributed by atoms with Crippen molar-refractivity contribution >= 4 is 16.9 Å². The van der Waals surface area contributed by atoms with E-state index in [0.29, 0.717) is 13.1 Å². The van der Waals surface area contributed by atoms with Gasteiger partial charge < -0.3 is 21.4 Å². The number of rotatable bonds is 7. The van der Waals surface area contributed by atoms with Gasteiger partial charge in [0.2, 0.25) is 0 Å². The van der Waals surface area contributed by atoms with Crippen molar-refractivity contribution in [3.8, 4) is 16.9 Å². The number of nitrogens with one attached hydrogen (secondary N) is 1. The third-order valence-electron chi connectivity index (χ3n) is 6.70. The average molecular weight is 426 g/mol. The first kappa shape index (κ1) is 20.7. The number of hydrogen-bond acceptors (Lipinski definition) is 4. The van der Waals surface area contributed by atoms with E-state index in [0.717, 1.165) is 47.5 Å². The molecule has 0 bridgehead atoms. The van der Waals surface area contributed by atoms with Crippen molar-refractivity contribution in [2.24, 2.45) is 11.5 Å². The Morgan fingerprint density at radius 1 is 1.03 bits per heavy atom. The van der Waals surface area contributed by atoms with E-state index >= 15 is 0 Å². The monoisotopic (exact) mass is 425 g/mol. The molecule has 0 radical (unpaired) electrons. The molecule has 0 saturated heterocycles. The van der Waals surface area contributed by atoms with Crippen LogP contribution >= 0.6 is 0 Å². The van der Waals surface area contributed by atoms with E-state index in [9.17, 15) is 0 Å². The molecule has 4 aromatic rings. The summed E-state index contributed by atoms with van der Waals surface area (Å²) in [7, 11) is 0. The third kappa shape index (κ3) is 3.57. The maximum atomic E-state index is 6.57. The molecule has 2 heterocycles. The fourth-order valence-electron chi connectivity index (χ4n) is 4.67. The van der Waals surface area contributed by atoms with Gasteiger partial charge in [0.25, 0.3) is 0 Å². The molecule has 2 aromatic heterocycles. The van der Waals surface area contributed by atoms with Crippen LogP contribution in [0.15, 0.2) is 66.7 Å². The fraction of sp³-hybridized carbons (Fsp3) is 0.296. The molecule has 1 aliphatic carbocycles. The van der Waals surface area contributed by atoms with Crippen LogP contribution in [0.4, 0.5) is 5.82 Å². The van der Waals surface area contributed by atoms with Crippen LogP contribution in [-0.2, 0) is 12.0 Å². The van der Waals surface area contributed by atoms with Crippen LogP contribution in [0.3, 0.4) is 0 Å². The van der Waals surface area contributed by atoms with Gasteiger partial charge in [0, 0.05) is 24.3 Å². The second-order valence-corrected chi connectivity index (χ2v) is 8.76. The van der Waals surface area contributed by atoms with Crippen molar-refractivity contribution in [1.82, 2.24) is 9.55 Å². The first-order chi connectivity index (χ1) is 15.6. The Hall–Kier alpha value is -3.15. The molecule has 5 heteroatoms.